The van der Waals surface area contributed by atoms with Crippen molar-refractivity contribution in [1.29, 1.82) is 0 Å². The van der Waals surface area contributed by atoms with Gasteiger partial charge in [-0.25, -0.2) is 0 Å². The molecule has 1 aliphatic heterocycles. The largest absolute Gasteiger partial charge is 0.493 e. The fourth-order valence-corrected chi connectivity index (χ4v) is 4.02. The van der Waals surface area contributed by atoms with Crippen molar-refractivity contribution in [3.05, 3.63) is 71.8 Å². The first-order chi connectivity index (χ1) is 14.7. The number of rotatable bonds is 7. The molecule has 160 valence electrons. The molecule has 0 bridgehead atoms. The van der Waals surface area contributed by atoms with Crippen LogP contribution in [0.2, 0.25) is 0 Å². The standard InChI is InChI=1S/C21H18N2O6S2/c1-3-7-14-10-13(11-16-19(24)22-21(30)23-20(16)25)12-17(28-2)18(14)29-31(26,27)15-8-5-4-6-9-15/h3-6,8-12H,1,7H2,2H3,(H2,22,23,24,25,30). The van der Waals surface area contributed by atoms with Crippen molar-refractivity contribution in [3.63, 3.8) is 0 Å². The van der Waals surface area contributed by atoms with E-state index in [4.69, 9.17) is 21.1 Å². The van der Waals surface area contributed by atoms with Gasteiger partial charge in [0.25, 0.3) is 11.8 Å². The van der Waals surface area contributed by atoms with Gasteiger partial charge in [0, 0.05) is 5.56 Å². The molecule has 0 unspecified atom stereocenters. The Morgan fingerprint density at radius 2 is 1.74 bits per heavy atom. The van der Waals surface area contributed by atoms with E-state index in [0.29, 0.717) is 11.1 Å². The molecule has 1 heterocycles. The van der Waals surface area contributed by atoms with Gasteiger partial charge in [0.15, 0.2) is 16.6 Å². The van der Waals surface area contributed by atoms with Crippen LogP contribution in [0.1, 0.15) is 11.1 Å². The first-order valence-electron chi connectivity index (χ1n) is 8.95. The molecule has 2 aromatic rings. The second kappa shape index (κ2) is 9.11. The molecule has 0 radical (unpaired) electrons. The number of thiocarbonyl (C=S) groups is 1. The van der Waals surface area contributed by atoms with Gasteiger partial charge in [-0.05, 0) is 54.5 Å². The number of ether oxygens (including phenoxy) is 1. The molecule has 2 N–H and O–H groups in total. The highest BCUT2D eigenvalue weighted by molar-refractivity contribution is 7.87. The quantitative estimate of drug-likeness (QED) is 0.215. The summed E-state index contributed by atoms with van der Waals surface area (Å²) >= 11 is 4.78. The van der Waals surface area contributed by atoms with Crippen molar-refractivity contribution in [2.24, 2.45) is 0 Å². The van der Waals surface area contributed by atoms with Crippen LogP contribution in [0.4, 0.5) is 0 Å². The third-order valence-electron chi connectivity index (χ3n) is 4.22. The smallest absolute Gasteiger partial charge is 0.339 e. The second-order valence-electron chi connectivity index (χ2n) is 6.35. The monoisotopic (exact) mass is 458 g/mol. The van der Waals surface area contributed by atoms with Gasteiger partial charge in [0.1, 0.15) is 10.5 Å². The first-order valence-corrected chi connectivity index (χ1v) is 10.8. The lowest BCUT2D eigenvalue weighted by Gasteiger charge is -2.18. The van der Waals surface area contributed by atoms with E-state index in [1.54, 1.807) is 30.3 Å². The zero-order valence-electron chi connectivity index (χ0n) is 16.4. The molecular formula is C21H18N2O6S2. The number of nitrogens with one attached hydrogen (secondary N) is 2. The number of allylic oxidation sites excluding steroid dienone is 1. The number of amides is 2. The molecule has 0 atom stereocenters. The minimum Gasteiger partial charge on any atom is -0.493 e. The Balaban J connectivity index is 2.07. The van der Waals surface area contributed by atoms with E-state index in [0.717, 1.165) is 0 Å². The summed E-state index contributed by atoms with van der Waals surface area (Å²) in [5.41, 5.74) is 0.699. The lowest BCUT2D eigenvalue weighted by atomic mass is 10.0. The molecule has 3 rings (SSSR count). The van der Waals surface area contributed by atoms with Crippen LogP contribution in [0.15, 0.2) is 65.6 Å². The van der Waals surface area contributed by atoms with Crippen LogP contribution in [0.3, 0.4) is 0 Å². The Morgan fingerprint density at radius 1 is 1.10 bits per heavy atom. The summed E-state index contributed by atoms with van der Waals surface area (Å²) < 4.78 is 36.2. The van der Waals surface area contributed by atoms with Gasteiger partial charge >= 0.3 is 10.1 Å². The maximum atomic E-state index is 12.7. The minimum absolute atomic E-state index is 0.00729. The molecule has 1 fully saturated rings. The molecule has 1 saturated heterocycles. The van der Waals surface area contributed by atoms with E-state index >= 15 is 0 Å². The summed E-state index contributed by atoms with van der Waals surface area (Å²) in [6.45, 7) is 3.68. The lowest BCUT2D eigenvalue weighted by molar-refractivity contribution is -0.123. The van der Waals surface area contributed by atoms with E-state index in [-0.39, 0.29) is 33.5 Å². The number of hydrogen-bond acceptors (Lipinski definition) is 7. The van der Waals surface area contributed by atoms with E-state index in [2.05, 4.69) is 17.2 Å². The summed E-state index contributed by atoms with van der Waals surface area (Å²) in [5, 5.41) is 4.62. The molecule has 2 amide bonds. The van der Waals surface area contributed by atoms with Crippen molar-refractivity contribution in [2.75, 3.05) is 7.11 Å². The molecule has 0 aromatic heterocycles. The van der Waals surface area contributed by atoms with E-state index in [1.807, 2.05) is 0 Å². The Hall–Kier alpha value is -3.50. The maximum Gasteiger partial charge on any atom is 0.339 e. The fraction of sp³-hybridized carbons (Fsp3) is 0.0952. The highest BCUT2D eigenvalue weighted by atomic mass is 32.2. The van der Waals surface area contributed by atoms with Crippen molar-refractivity contribution >= 4 is 45.3 Å². The van der Waals surface area contributed by atoms with Crippen molar-refractivity contribution in [3.8, 4) is 11.5 Å². The van der Waals surface area contributed by atoms with Gasteiger partial charge in [0.2, 0.25) is 0 Å². The molecule has 0 saturated carbocycles. The van der Waals surface area contributed by atoms with Gasteiger partial charge in [-0.3, -0.25) is 20.2 Å². The number of methoxy groups -OCH3 is 1. The zero-order valence-corrected chi connectivity index (χ0v) is 18.0. The molecule has 8 nitrogen and oxygen atoms in total. The number of benzene rings is 2. The first kappa shape index (κ1) is 22.2. The third kappa shape index (κ3) is 4.98. The average molecular weight is 459 g/mol. The molecule has 0 spiro atoms. The van der Waals surface area contributed by atoms with Gasteiger partial charge < -0.3 is 8.92 Å². The molecule has 2 aromatic carbocycles. The Morgan fingerprint density at radius 3 is 2.32 bits per heavy atom. The van der Waals surface area contributed by atoms with E-state index in [1.165, 1.54) is 31.4 Å². The Labute approximate surface area is 184 Å². The number of carbonyl (C=O) groups is 2. The summed E-state index contributed by atoms with van der Waals surface area (Å²) in [4.78, 5) is 24.2. The van der Waals surface area contributed by atoms with Crippen LogP contribution >= 0.6 is 12.2 Å². The Bertz CT molecular complexity index is 1180. The zero-order chi connectivity index (χ0) is 22.6. The van der Waals surface area contributed by atoms with Gasteiger partial charge in [0.05, 0.1) is 7.11 Å². The summed E-state index contributed by atoms with van der Waals surface area (Å²) in [5.74, 6) is -1.19. The highest BCUT2D eigenvalue weighted by Gasteiger charge is 2.27. The molecule has 10 heteroatoms. The lowest BCUT2D eigenvalue weighted by Crippen LogP contribution is -2.51. The third-order valence-corrected chi connectivity index (χ3v) is 5.66. The topological polar surface area (TPSA) is 111 Å². The van der Waals surface area contributed by atoms with Crippen molar-refractivity contribution in [2.45, 2.75) is 11.3 Å². The van der Waals surface area contributed by atoms with Gasteiger partial charge in [-0.15, -0.1) is 6.58 Å². The van der Waals surface area contributed by atoms with Crippen LogP contribution in [0, 0.1) is 0 Å². The maximum absolute atomic E-state index is 12.7. The summed E-state index contributed by atoms with van der Waals surface area (Å²) in [6.07, 6.45) is 3.15. The number of hydrogen-bond donors (Lipinski definition) is 2. The van der Waals surface area contributed by atoms with Crippen LogP contribution in [-0.2, 0) is 26.1 Å². The molecule has 31 heavy (non-hydrogen) atoms. The molecule has 1 aliphatic rings. The van der Waals surface area contributed by atoms with Gasteiger partial charge in [-0.1, -0.05) is 24.3 Å². The van der Waals surface area contributed by atoms with Crippen LogP contribution in [0.5, 0.6) is 11.5 Å². The summed E-state index contributed by atoms with van der Waals surface area (Å²) in [6, 6.07) is 10.7. The van der Waals surface area contributed by atoms with Crippen molar-refractivity contribution in [1.82, 2.24) is 10.6 Å². The average Bonchev–Trinajstić information content (AvgIpc) is 2.73. The predicted molar refractivity (Wildman–Crippen MR) is 118 cm³/mol. The normalized spacial score (nSPS) is 13.8. The highest BCUT2D eigenvalue weighted by Crippen LogP contribution is 2.36. The van der Waals surface area contributed by atoms with Crippen LogP contribution in [-0.4, -0.2) is 32.5 Å². The fourth-order valence-electron chi connectivity index (χ4n) is 2.84. The Kier molecular flexibility index (Phi) is 6.52. The van der Waals surface area contributed by atoms with Gasteiger partial charge in [-0.2, -0.15) is 8.42 Å². The molecular weight excluding hydrogens is 440 g/mol. The van der Waals surface area contributed by atoms with Crippen molar-refractivity contribution < 1.29 is 26.9 Å². The van der Waals surface area contributed by atoms with E-state index < -0.39 is 21.9 Å². The van der Waals surface area contributed by atoms with Crippen LogP contribution in [0.25, 0.3) is 6.08 Å². The molecule has 0 aliphatic carbocycles. The minimum atomic E-state index is -4.12. The SMILES string of the molecule is C=CCc1cc(C=C2C(=O)NC(=S)NC2=O)cc(OC)c1OS(=O)(=O)c1ccccc1. The second-order valence-corrected chi connectivity index (χ2v) is 8.30. The number of carbonyl (C=O) groups excluding carboxylic acids is 2. The van der Waals surface area contributed by atoms with Crippen LogP contribution < -0.4 is 19.6 Å². The predicted octanol–water partition coefficient (Wildman–Crippen LogP) is 2.11. The van der Waals surface area contributed by atoms with E-state index in [9.17, 15) is 18.0 Å². The summed E-state index contributed by atoms with van der Waals surface area (Å²) in [7, 11) is -2.77.